The number of benzene rings is 1. The van der Waals surface area contributed by atoms with Crippen LogP contribution in [0.3, 0.4) is 0 Å². The Kier molecular flexibility index (Phi) is 8.05. The molecule has 130 valence electrons. The van der Waals surface area contributed by atoms with Gasteiger partial charge in [-0.1, -0.05) is 19.1 Å². The van der Waals surface area contributed by atoms with E-state index >= 15 is 0 Å². The van der Waals surface area contributed by atoms with Gasteiger partial charge in [0.1, 0.15) is 0 Å². The first-order valence-corrected chi connectivity index (χ1v) is 9.48. The third-order valence-corrected chi connectivity index (χ3v) is 4.78. The van der Waals surface area contributed by atoms with E-state index in [0.717, 1.165) is 30.6 Å². The Morgan fingerprint density at radius 2 is 1.87 bits per heavy atom. The van der Waals surface area contributed by atoms with E-state index in [1.807, 2.05) is 26.0 Å². The van der Waals surface area contributed by atoms with E-state index in [2.05, 4.69) is 27.3 Å². The van der Waals surface area contributed by atoms with E-state index in [4.69, 9.17) is 0 Å². The van der Waals surface area contributed by atoms with Gasteiger partial charge in [0, 0.05) is 26.2 Å². The van der Waals surface area contributed by atoms with Gasteiger partial charge in [-0.05, 0) is 44.4 Å². The molecular formula is C16H28N4O2S. The van der Waals surface area contributed by atoms with Crippen molar-refractivity contribution in [1.82, 2.24) is 15.4 Å². The second-order valence-electron chi connectivity index (χ2n) is 5.35. The van der Waals surface area contributed by atoms with Gasteiger partial charge in [0.15, 0.2) is 5.96 Å². The Balaban J connectivity index is 2.58. The van der Waals surface area contributed by atoms with Crippen LogP contribution in [-0.2, 0) is 10.0 Å². The van der Waals surface area contributed by atoms with Crippen LogP contribution in [-0.4, -0.2) is 40.6 Å². The first kappa shape index (κ1) is 19.4. The fourth-order valence-corrected chi connectivity index (χ4v) is 3.37. The maximum atomic E-state index is 12.4. The molecule has 6 nitrogen and oxygen atoms in total. The summed E-state index contributed by atoms with van der Waals surface area (Å²) in [6.45, 7) is 10.0. The van der Waals surface area contributed by atoms with Crippen LogP contribution in [0.4, 0.5) is 0 Å². The Bertz CT molecular complexity index is 627. The predicted octanol–water partition coefficient (Wildman–Crippen LogP) is 1.55. The van der Waals surface area contributed by atoms with Crippen molar-refractivity contribution >= 4 is 16.0 Å². The van der Waals surface area contributed by atoms with Gasteiger partial charge in [-0.15, -0.1) is 0 Å². The zero-order chi connectivity index (χ0) is 17.3. The average Bonchev–Trinajstić information content (AvgIpc) is 2.51. The number of sulfonamides is 1. The highest BCUT2D eigenvalue weighted by atomic mass is 32.2. The predicted molar refractivity (Wildman–Crippen MR) is 95.4 cm³/mol. The lowest BCUT2D eigenvalue weighted by Gasteiger charge is -2.13. The fraction of sp³-hybridized carbons (Fsp3) is 0.562. The number of hydrogen-bond donors (Lipinski definition) is 3. The van der Waals surface area contributed by atoms with E-state index in [-0.39, 0.29) is 0 Å². The highest BCUT2D eigenvalue weighted by Crippen LogP contribution is 2.16. The van der Waals surface area contributed by atoms with Gasteiger partial charge in [0.2, 0.25) is 10.0 Å². The van der Waals surface area contributed by atoms with Crippen LogP contribution < -0.4 is 15.4 Å². The summed E-state index contributed by atoms with van der Waals surface area (Å²) in [5.41, 5.74) is 1.67. The molecule has 0 atom stereocenters. The fourth-order valence-electron chi connectivity index (χ4n) is 2.01. The van der Waals surface area contributed by atoms with E-state index in [9.17, 15) is 8.42 Å². The Morgan fingerprint density at radius 1 is 1.13 bits per heavy atom. The number of aliphatic imine (C=N–C) groups is 1. The molecule has 3 N–H and O–H groups in total. The minimum atomic E-state index is -3.49. The van der Waals surface area contributed by atoms with Crippen molar-refractivity contribution in [3.63, 3.8) is 0 Å². The van der Waals surface area contributed by atoms with Crippen molar-refractivity contribution in [1.29, 1.82) is 0 Å². The molecule has 0 aliphatic carbocycles. The molecule has 7 heteroatoms. The van der Waals surface area contributed by atoms with E-state index < -0.39 is 10.0 Å². The summed E-state index contributed by atoms with van der Waals surface area (Å²) >= 11 is 0. The minimum absolute atomic E-state index is 0.298. The molecule has 1 aromatic carbocycles. The Morgan fingerprint density at radius 3 is 2.52 bits per heavy atom. The van der Waals surface area contributed by atoms with Crippen LogP contribution in [0.15, 0.2) is 28.1 Å². The topological polar surface area (TPSA) is 82.6 Å². The summed E-state index contributed by atoms with van der Waals surface area (Å²) in [6, 6.07) is 5.42. The van der Waals surface area contributed by atoms with E-state index in [0.29, 0.717) is 23.9 Å². The largest absolute Gasteiger partial charge is 0.357 e. The summed E-state index contributed by atoms with van der Waals surface area (Å²) in [5.74, 6) is 0.709. The number of rotatable bonds is 8. The first-order valence-electron chi connectivity index (χ1n) is 7.99. The SMILES string of the molecule is CCCN=C(NCC)NCCNS(=O)(=O)c1cc(C)ccc1C. The molecule has 0 aliphatic heterocycles. The number of guanidine groups is 1. The van der Waals surface area contributed by atoms with Crippen molar-refractivity contribution in [3.8, 4) is 0 Å². The lowest BCUT2D eigenvalue weighted by molar-refractivity contribution is 0.580. The van der Waals surface area contributed by atoms with Crippen molar-refractivity contribution in [2.75, 3.05) is 26.2 Å². The van der Waals surface area contributed by atoms with Crippen molar-refractivity contribution in [2.24, 2.45) is 4.99 Å². The van der Waals surface area contributed by atoms with Crippen LogP contribution in [0.25, 0.3) is 0 Å². The molecule has 1 rings (SSSR count). The Labute approximate surface area is 139 Å². The van der Waals surface area contributed by atoms with E-state index in [1.165, 1.54) is 0 Å². The molecule has 0 saturated heterocycles. The molecule has 0 amide bonds. The molecule has 0 fully saturated rings. The second-order valence-corrected chi connectivity index (χ2v) is 7.09. The minimum Gasteiger partial charge on any atom is -0.357 e. The zero-order valence-electron chi connectivity index (χ0n) is 14.4. The lowest BCUT2D eigenvalue weighted by atomic mass is 10.2. The molecule has 23 heavy (non-hydrogen) atoms. The smallest absolute Gasteiger partial charge is 0.240 e. The summed E-state index contributed by atoms with van der Waals surface area (Å²) in [7, 11) is -3.49. The normalized spacial score (nSPS) is 12.3. The molecule has 1 aromatic rings. The molecule has 0 saturated carbocycles. The molecule has 0 heterocycles. The molecular weight excluding hydrogens is 312 g/mol. The van der Waals surface area contributed by atoms with Gasteiger partial charge < -0.3 is 10.6 Å². The Hall–Kier alpha value is -1.60. The maximum absolute atomic E-state index is 12.4. The van der Waals surface area contributed by atoms with Gasteiger partial charge >= 0.3 is 0 Å². The van der Waals surface area contributed by atoms with Crippen LogP contribution in [0.5, 0.6) is 0 Å². The van der Waals surface area contributed by atoms with Crippen LogP contribution in [0.2, 0.25) is 0 Å². The van der Waals surface area contributed by atoms with E-state index in [1.54, 1.807) is 13.0 Å². The summed E-state index contributed by atoms with van der Waals surface area (Å²) in [6.07, 6.45) is 0.968. The zero-order valence-corrected chi connectivity index (χ0v) is 15.3. The average molecular weight is 340 g/mol. The number of aryl methyl sites for hydroxylation is 2. The third kappa shape index (κ3) is 6.58. The lowest BCUT2D eigenvalue weighted by Crippen LogP contribution is -2.41. The van der Waals surface area contributed by atoms with Gasteiger partial charge in [-0.3, -0.25) is 4.99 Å². The summed E-state index contributed by atoms with van der Waals surface area (Å²) in [5, 5.41) is 6.24. The second kappa shape index (κ2) is 9.52. The maximum Gasteiger partial charge on any atom is 0.240 e. The highest BCUT2D eigenvalue weighted by molar-refractivity contribution is 7.89. The monoisotopic (exact) mass is 340 g/mol. The molecule has 0 unspecified atom stereocenters. The van der Waals surface area contributed by atoms with Gasteiger partial charge in [0.25, 0.3) is 0 Å². The van der Waals surface area contributed by atoms with Crippen molar-refractivity contribution in [3.05, 3.63) is 29.3 Å². The van der Waals surface area contributed by atoms with Gasteiger partial charge in [-0.25, -0.2) is 13.1 Å². The van der Waals surface area contributed by atoms with Crippen LogP contribution in [0, 0.1) is 13.8 Å². The number of nitrogens with one attached hydrogen (secondary N) is 3. The molecule has 0 radical (unpaired) electrons. The summed E-state index contributed by atoms with van der Waals surface area (Å²) in [4.78, 5) is 4.70. The van der Waals surface area contributed by atoms with Gasteiger partial charge in [0.05, 0.1) is 4.90 Å². The molecule has 0 aromatic heterocycles. The summed E-state index contributed by atoms with van der Waals surface area (Å²) < 4.78 is 27.3. The first-order chi connectivity index (χ1) is 10.9. The molecule has 0 spiro atoms. The van der Waals surface area contributed by atoms with Gasteiger partial charge in [-0.2, -0.15) is 0 Å². The third-order valence-electron chi connectivity index (χ3n) is 3.18. The van der Waals surface area contributed by atoms with Crippen molar-refractivity contribution < 1.29 is 8.42 Å². The number of nitrogens with zero attached hydrogens (tertiary/aromatic N) is 1. The number of hydrogen-bond acceptors (Lipinski definition) is 3. The van der Waals surface area contributed by atoms with Crippen LogP contribution >= 0.6 is 0 Å². The molecule has 0 aliphatic rings. The molecule has 0 bridgehead atoms. The standard InChI is InChI=1S/C16H28N4O2S/c1-5-9-18-16(17-6-2)19-10-11-20-23(21,22)15-12-13(3)7-8-14(15)4/h7-8,12,20H,5-6,9-11H2,1-4H3,(H2,17,18,19). The van der Waals surface area contributed by atoms with Crippen molar-refractivity contribution in [2.45, 2.75) is 39.0 Å². The highest BCUT2D eigenvalue weighted by Gasteiger charge is 2.16. The quantitative estimate of drug-likeness (QED) is 0.381. The van der Waals surface area contributed by atoms with Crippen LogP contribution in [0.1, 0.15) is 31.4 Å².